The monoisotopic (exact) mass is 181 g/mol. The molecule has 0 aliphatic rings. The second-order valence-corrected chi connectivity index (χ2v) is 2.85. The van der Waals surface area contributed by atoms with Gasteiger partial charge in [-0.25, -0.2) is 0 Å². The minimum Gasteiger partial charge on any atom is -0.508 e. The average molecular weight is 181 g/mol. The molecule has 0 spiro atoms. The molecular weight excluding hydrogens is 166 g/mol. The van der Waals surface area contributed by atoms with Crippen LogP contribution in [0.2, 0.25) is 0 Å². The maximum absolute atomic E-state index is 9.54. The predicted molar refractivity (Wildman–Crippen MR) is 52.3 cm³/mol. The van der Waals surface area contributed by atoms with Gasteiger partial charge in [0.15, 0.2) is 0 Å². The summed E-state index contributed by atoms with van der Waals surface area (Å²) < 4.78 is 4.98. The van der Waals surface area contributed by atoms with Gasteiger partial charge in [0, 0.05) is 6.07 Å². The summed E-state index contributed by atoms with van der Waals surface area (Å²) in [5, 5.41) is 12.6. The van der Waals surface area contributed by atoms with Crippen LogP contribution in [0.1, 0.15) is 5.56 Å². The fraction of sp³-hybridized carbons (Fsp3) is 0.400. The molecule has 1 rings (SSSR count). The minimum absolute atomic E-state index is 0.301. The fourth-order valence-corrected chi connectivity index (χ4v) is 1.14. The average Bonchev–Trinajstić information content (AvgIpc) is 2.16. The fourth-order valence-electron chi connectivity index (χ4n) is 1.14. The van der Waals surface area contributed by atoms with Crippen LogP contribution >= 0.6 is 0 Å². The van der Waals surface area contributed by atoms with Gasteiger partial charge in [-0.2, -0.15) is 0 Å². The van der Waals surface area contributed by atoms with E-state index in [1.807, 2.05) is 19.2 Å². The summed E-state index contributed by atoms with van der Waals surface area (Å²) >= 11 is 0. The van der Waals surface area contributed by atoms with E-state index in [-0.39, 0.29) is 0 Å². The first-order chi connectivity index (χ1) is 6.27. The first-order valence-electron chi connectivity index (χ1n) is 4.28. The van der Waals surface area contributed by atoms with Gasteiger partial charge in [0.2, 0.25) is 0 Å². The van der Waals surface area contributed by atoms with Gasteiger partial charge in [-0.1, -0.05) is 6.07 Å². The molecule has 0 saturated heterocycles. The third kappa shape index (κ3) is 2.63. The first-order valence-corrected chi connectivity index (χ1v) is 4.28. The molecule has 0 atom stereocenters. The number of methoxy groups -OCH3 is 1. The summed E-state index contributed by atoms with van der Waals surface area (Å²) in [5.74, 6) is 0.986. The molecule has 3 nitrogen and oxygen atoms in total. The largest absolute Gasteiger partial charge is 0.508 e. The van der Waals surface area contributed by atoms with Gasteiger partial charge in [-0.15, -0.1) is 0 Å². The Labute approximate surface area is 78.3 Å². The molecule has 1 aromatic rings. The van der Waals surface area contributed by atoms with Gasteiger partial charge < -0.3 is 15.2 Å². The van der Waals surface area contributed by atoms with E-state index in [9.17, 15) is 5.11 Å². The van der Waals surface area contributed by atoms with Crippen LogP contribution in [0.25, 0.3) is 0 Å². The molecule has 0 unspecified atom stereocenters. The summed E-state index contributed by atoms with van der Waals surface area (Å²) in [7, 11) is 3.47. The summed E-state index contributed by atoms with van der Waals surface area (Å²) in [6.45, 7) is 0.861. The topological polar surface area (TPSA) is 41.5 Å². The number of hydrogen-bond donors (Lipinski definition) is 2. The van der Waals surface area contributed by atoms with Gasteiger partial charge in [-0.05, 0) is 31.6 Å². The number of aromatic hydroxyl groups is 1. The lowest BCUT2D eigenvalue weighted by Crippen LogP contribution is -2.10. The lowest BCUT2D eigenvalue weighted by molar-refractivity contribution is 0.406. The maximum atomic E-state index is 9.54. The highest BCUT2D eigenvalue weighted by molar-refractivity contribution is 5.39. The quantitative estimate of drug-likeness (QED) is 0.732. The van der Waals surface area contributed by atoms with E-state index in [0.29, 0.717) is 11.5 Å². The van der Waals surface area contributed by atoms with Crippen LogP contribution in [-0.4, -0.2) is 25.8 Å². The van der Waals surface area contributed by atoms with Gasteiger partial charge in [-0.3, -0.25) is 0 Å². The molecule has 1 aromatic carbocycles. The van der Waals surface area contributed by atoms with Crippen LogP contribution in [-0.2, 0) is 6.42 Å². The molecule has 0 saturated carbocycles. The standard InChI is InChI=1S/C10H15NO2/c1-11-6-5-8-3-4-9(13-2)7-10(8)12/h3-4,7,11-12H,5-6H2,1-2H3. The summed E-state index contributed by atoms with van der Waals surface area (Å²) in [4.78, 5) is 0. The zero-order chi connectivity index (χ0) is 9.68. The zero-order valence-corrected chi connectivity index (χ0v) is 8.00. The van der Waals surface area contributed by atoms with Crippen LogP contribution in [0.3, 0.4) is 0 Å². The van der Waals surface area contributed by atoms with E-state index in [4.69, 9.17) is 4.74 Å². The van der Waals surface area contributed by atoms with E-state index >= 15 is 0 Å². The van der Waals surface area contributed by atoms with E-state index in [0.717, 1.165) is 18.5 Å². The Hall–Kier alpha value is -1.22. The molecule has 0 aliphatic heterocycles. The van der Waals surface area contributed by atoms with Crippen LogP contribution in [0.5, 0.6) is 11.5 Å². The third-order valence-corrected chi connectivity index (χ3v) is 1.94. The smallest absolute Gasteiger partial charge is 0.122 e. The highest BCUT2D eigenvalue weighted by atomic mass is 16.5. The Bertz CT molecular complexity index is 274. The molecule has 0 aliphatic carbocycles. The van der Waals surface area contributed by atoms with E-state index < -0.39 is 0 Å². The van der Waals surface area contributed by atoms with Crippen molar-refractivity contribution in [2.24, 2.45) is 0 Å². The van der Waals surface area contributed by atoms with E-state index in [1.165, 1.54) is 0 Å². The molecule has 0 fully saturated rings. The molecule has 3 heteroatoms. The Morgan fingerprint density at radius 1 is 1.46 bits per heavy atom. The van der Waals surface area contributed by atoms with Gasteiger partial charge in [0.25, 0.3) is 0 Å². The van der Waals surface area contributed by atoms with Crippen LogP contribution in [0.15, 0.2) is 18.2 Å². The molecule has 2 N–H and O–H groups in total. The maximum Gasteiger partial charge on any atom is 0.122 e. The van der Waals surface area contributed by atoms with Crippen molar-refractivity contribution >= 4 is 0 Å². The van der Waals surface area contributed by atoms with Crippen molar-refractivity contribution in [3.8, 4) is 11.5 Å². The molecule has 0 aromatic heterocycles. The zero-order valence-electron chi connectivity index (χ0n) is 8.00. The number of phenols is 1. The lowest BCUT2D eigenvalue weighted by Gasteiger charge is -2.06. The molecule has 0 heterocycles. The SMILES string of the molecule is CNCCc1ccc(OC)cc1O. The molecular formula is C10H15NO2. The van der Waals surface area contributed by atoms with E-state index in [1.54, 1.807) is 13.2 Å². The number of likely N-dealkylation sites (N-methyl/N-ethyl adjacent to an activating group) is 1. The molecule has 0 amide bonds. The Kier molecular flexibility index (Phi) is 3.58. The van der Waals surface area contributed by atoms with Crippen LogP contribution in [0, 0.1) is 0 Å². The second kappa shape index (κ2) is 4.72. The lowest BCUT2D eigenvalue weighted by atomic mass is 10.1. The van der Waals surface area contributed by atoms with Gasteiger partial charge in [0.1, 0.15) is 11.5 Å². The van der Waals surface area contributed by atoms with E-state index in [2.05, 4.69) is 5.32 Å². The molecule has 0 bridgehead atoms. The number of phenolic OH excluding ortho intramolecular Hbond substituents is 1. The second-order valence-electron chi connectivity index (χ2n) is 2.85. The Morgan fingerprint density at radius 2 is 2.23 bits per heavy atom. The minimum atomic E-state index is 0.301. The highest BCUT2D eigenvalue weighted by Crippen LogP contribution is 2.23. The van der Waals surface area contributed by atoms with Crippen molar-refractivity contribution in [1.29, 1.82) is 0 Å². The number of ether oxygens (including phenoxy) is 1. The first kappa shape index (κ1) is 9.86. The van der Waals surface area contributed by atoms with Crippen molar-refractivity contribution in [2.75, 3.05) is 20.7 Å². The Morgan fingerprint density at radius 3 is 2.77 bits per heavy atom. The van der Waals surface area contributed by atoms with Crippen molar-refractivity contribution in [2.45, 2.75) is 6.42 Å². The number of benzene rings is 1. The van der Waals surface area contributed by atoms with Gasteiger partial charge in [0.05, 0.1) is 7.11 Å². The summed E-state index contributed by atoms with van der Waals surface area (Å²) in [6, 6.07) is 5.36. The number of nitrogens with one attached hydrogen (secondary N) is 1. The van der Waals surface area contributed by atoms with Crippen molar-refractivity contribution in [3.63, 3.8) is 0 Å². The predicted octanol–water partition coefficient (Wildman–Crippen LogP) is 1.16. The Balaban J connectivity index is 2.73. The van der Waals surface area contributed by atoms with Crippen LogP contribution in [0.4, 0.5) is 0 Å². The normalized spacial score (nSPS) is 10.0. The van der Waals surface area contributed by atoms with Crippen LogP contribution < -0.4 is 10.1 Å². The third-order valence-electron chi connectivity index (χ3n) is 1.94. The number of hydrogen-bond acceptors (Lipinski definition) is 3. The molecule has 13 heavy (non-hydrogen) atoms. The van der Waals surface area contributed by atoms with Gasteiger partial charge >= 0.3 is 0 Å². The van der Waals surface area contributed by atoms with Crippen molar-refractivity contribution in [1.82, 2.24) is 5.32 Å². The summed E-state index contributed by atoms with van der Waals surface area (Å²) in [5.41, 5.74) is 0.940. The highest BCUT2D eigenvalue weighted by Gasteiger charge is 2.01. The van der Waals surface area contributed by atoms with Crippen molar-refractivity contribution in [3.05, 3.63) is 23.8 Å². The number of rotatable bonds is 4. The molecule has 72 valence electrons. The van der Waals surface area contributed by atoms with Crippen molar-refractivity contribution < 1.29 is 9.84 Å². The molecule has 0 radical (unpaired) electrons. The summed E-state index contributed by atoms with van der Waals surface area (Å²) in [6.07, 6.45) is 0.826.